The molecule has 2 aliphatic rings. The summed E-state index contributed by atoms with van der Waals surface area (Å²) in [5.74, 6) is -0.191. The van der Waals surface area contributed by atoms with Crippen LogP contribution in [0.5, 0.6) is 0 Å². The van der Waals surface area contributed by atoms with Gasteiger partial charge in [-0.2, -0.15) is 0 Å². The highest BCUT2D eigenvalue weighted by atomic mass is 35.5. The molecule has 2 N–H and O–H groups in total. The van der Waals surface area contributed by atoms with Gasteiger partial charge in [0.25, 0.3) is 5.91 Å². The number of rotatable bonds is 5. The van der Waals surface area contributed by atoms with Crippen molar-refractivity contribution < 1.29 is 14.4 Å². The molecule has 0 radical (unpaired) electrons. The highest BCUT2D eigenvalue weighted by Gasteiger charge is 2.45. The Kier molecular flexibility index (Phi) is 6.17. The van der Waals surface area contributed by atoms with E-state index in [2.05, 4.69) is 24.5 Å². The van der Waals surface area contributed by atoms with Crippen LogP contribution < -0.4 is 10.6 Å². The third-order valence-corrected chi connectivity index (χ3v) is 6.64. The van der Waals surface area contributed by atoms with Crippen molar-refractivity contribution >= 4 is 35.1 Å². The van der Waals surface area contributed by atoms with Gasteiger partial charge >= 0.3 is 6.03 Å². The van der Waals surface area contributed by atoms with E-state index < -0.39 is 12.1 Å². The average Bonchev–Trinajstić information content (AvgIpc) is 3.14. The third-order valence-electron chi connectivity index (χ3n) is 6.30. The molecule has 0 spiro atoms. The molecule has 2 heterocycles. The van der Waals surface area contributed by atoms with Crippen molar-refractivity contribution in [3.8, 4) is 0 Å². The smallest absolute Gasteiger partial charge is 0.322 e. The number of amides is 4. The van der Waals surface area contributed by atoms with Gasteiger partial charge < -0.3 is 15.5 Å². The molecule has 2 aromatic rings. The van der Waals surface area contributed by atoms with E-state index in [1.807, 2.05) is 30.3 Å². The van der Waals surface area contributed by atoms with Crippen LogP contribution in [0.25, 0.3) is 0 Å². The van der Waals surface area contributed by atoms with Gasteiger partial charge in [0, 0.05) is 17.8 Å². The standard InChI is InChI=1S/C25H27ClN4O3/c1-14(2)16-9-11-17(12-10-16)27-23(31)15(3)30-13-20-21(24(30)32)22(28-25(33)29(20)4)18-7-5-6-8-19(18)26/h5-12,14-15,22H,13H2,1-4H3,(H,27,31)(H,28,33)/t15-,22+/m1/s1. The minimum Gasteiger partial charge on any atom is -0.326 e. The number of anilines is 1. The fourth-order valence-corrected chi connectivity index (χ4v) is 4.43. The van der Waals surface area contributed by atoms with Gasteiger partial charge in [-0.3, -0.25) is 14.5 Å². The molecule has 2 aromatic carbocycles. The van der Waals surface area contributed by atoms with Crippen LogP contribution in [0, 0.1) is 0 Å². The summed E-state index contributed by atoms with van der Waals surface area (Å²) in [5, 5.41) is 6.21. The number of nitrogens with one attached hydrogen (secondary N) is 2. The second-order valence-electron chi connectivity index (χ2n) is 8.70. The SMILES string of the molecule is CC(C)c1ccc(NC(=O)[C@@H](C)N2CC3=C(C2=O)[C@H](c2ccccc2Cl)NC(=O)N3C)cc1. The van der Waals surface area contributed by atoms with E-state index >= 15 is 0 Å². The van der Waals surface area contributed by atoms with Crippen molar-refractivity contribution in [2.75, 3.05) is 18.9 Å². The van der Waals surface area contributed by atoms with Crippen molar-refractivity contribution in [1.82, 2.24) is 15.1 Å². The minimum absolute atomic E-state index is 0.167. The average molecular weight is 467 g/mol. The molecule has 33 heavy (non-hydrogen) atoms. The van der Waals surface area contributed by atoms with Crippen LogP contribution in [0.1, 0.15) is 43.9 Å². The zero-order valence-corrected chi connectivity index (χ0v) is 19.8. The lowest BCUT2D eigenvalue weighted by molar-refractivity contribution is -0.133. The number of benzene rings is 2. The van der Waals surface area contributed by atoms with Crippen LogP contribution in [-0.4, -0.2) is 47.3 Å². The number of carbonyl (C=O) groups excluding carboxylic acids is 3. The minimum atomic E-state index is -0.733. The second-order valence-corrected chi connectivity index (χ2v) is 9.11. The van der Waals surface area contributed by atoms with Crippen molar-refractivity contribution in [3.63, 3.8) is 0 Å². The number of halogens is 1. The van der Waals surface area contributed by atoms with E-state index in [4.69, 9.17) is 11.6 Å². The Labute approximate surface area is 198 Å². The van der Waals surface area contributed by atoms with Gasteiger partial charge in [-0.25, -0.2) is 4.79 Å². The number of nitrogens with zero attached hydrogens (tertiary/aromatic N) is 2. The first-order chi connectivity index (χ1) is 15.7. The largest absolute Gasteiger partial charge is 0.326 e. The monoisotopic (exact) mass is 466 g/mol. The molecule has 2 atom stereocenters. The number of urea groups is 1. The predicted molar refractivity (Wildman–Crippen MR) is 128 cm³/mol. The van der Waals surface area contributed by atoms with Gasteiger partial charge in [-0.15, -0.1) is 0 Å². The van der Waals surface area contributed by atoms with E-state index in [1.165, 1.54) is 15.4 Å². The maximum atomic E-state index is 13.5. The Morgan fingerprint density at radius 2 is 1.76 bits per heavy atom. The van der Waals surface area contributed by atoms with E-state index in [-0.39, 0.29) is 24.4 Å². The van der Waals surface area contributed by atoms with Crippen molar-refractivity contribution in [1.29, 1.82) is 0 Å². The molecule has 8 heteroatoms. The Balaban J connectivity index is 1.56. The lowest BCUT2D eigenvalue weighted by Gasteiger charge is -2.31. The normalized spacial score (nSPS) is 19.0. The van der Waals surface area contributed by atoms with Gasteiger partial charge in [-0.05, 0) is 42.2 Å². The van der Waals surface area contributed by atoms with Gasteiger partial charge in [-0.1, -0.05) is 55.8 Å². The van der Waals surface area contributed by atoms with Crippen molar-refractivity contribution in [2.24, 2.45) is 0 Å². The third kappa shape index (κ3) is 4.20. The number of hydrogen-bond donors (Lipinski definition) is 2. The summed E-state index contributed by atoms with van der Waals surface area (Å²) in [6, 6.07) is 13.1. The van der Waals surface area contributed by atoms with Gasteiger partial charge in [0.1, 0.15) is 6.04 Å². The zero-order chi connectivity index (χ0) is 23.9. The molecule has 2 aliphatic heterocycles. The maximum absolute atomic E-state index is 13.5. The summed E-state index contributed by atoms with van der Waals surface area (Å²) < 4.78 is 0. The molecular weight excluding hydrogens is 440 g/mol. The molecule has 0 unspecified atom stereocenters. The molecular formula is C25H27ClN4O3. The Morgan fingerprint density at radius 1 is 1.09 bits per heavy atom. The van der Waals surface area contributed by atoms with Crippen LogP contribution in [0.2, 0.25) is 5.02 Å². The van der Waals surface area contributed by atoms with Crippen LogP contribution in [-0.2, 0) is 9.59 Å². The molecule has 0 saturated heterocycles. The molecule has 4 amide bonds. The summed E-state index contributed by atoms with van der Waals surface area (Å²) in [6.45, 7) is 6.07. The molecule has 7 nitrogen and oxygen atoms in total. The lowest BCUT2D eigenvalue weighted by Crippen LogP contribution is -2.45. The molecule has 0 bridgehead atoms. The fraction of sp³-hybridized carbons (Fsp3) is 0.320. The first-order valence-electron chi connectivity index (χ1n) is 10.9. The highest BCUT2D eigenvalue weighted by molar-refractivity contribution is 6.31. The van der Waals surface area contributed by atoms with Crippen molar-refractivity contribution in [2.45, 2.75) is 38.8 Å². The van der Waals surface area contributed by atoms with Crippen LogP contribution in [0.4, 0.5) is 10.5 Å². The quantitative estimate of drug-likeness (QED) is 0.689. The number of likely N-dealkylation sites (N-methyl/N-ethyl adjacent to an activating group) is 1. The lowest BCUT2D eigenvalue weighted by atomic mass is 9.95. The molecule has 172 valence electrons. The number of hydrogen-bond acceptors (Lipinski definition) is 3. The van der Waals surface area contributed by atoms with Crippen LogP contribution in [0.3, 0.4) is 0 Å². The Hall–Kier alpha value is -3.32. The molecule has 4 rings (SSSR count). The zero-order valence-electron chi connectivity index (χ0n) is 19.1. The van der Waals surface area contributed by atoms with Crippen LogP contribution in [0.15, 0.2) is 59.8 Å². The topological polar surface area (TPSA) is 81.8 Å². The molecule has 0 aliphatic carbocycles. The summed E-state index contributed by atoms with van der Waals surface area (Å²) in [5.41, 5.74) is 3.51. The summed E-state index contributed by atoms with van der Waals surface area (Å²) in [4.78, 5) is 42.0. The second kappa shape index (κ2) is 8.90. The van der Waals surface area contributed by atoms with Gasteiger partial charge in [0.05, 0.1) is 23.9 Å². The Bertz CT molecular complexity index is 1140. The number of carbonyl (C=O) groups is 3. The van der Waals surface area contributed by atoms with E-state index in [9.17, 15) is 14.4 Å². The summed E-state index contributed by atoms with van der Waals surface area (Å²) >= 11 is 6.37. The highest BCUT2D eigenvalue weighted by Crippen LogP contribution is 2.38. The van der Waals surface area contributed by atoms with Crippen molar-refractivity contribution in [3.05, 3.63) is 76.0 Å². The predicted octanol–water partition coefficient (Wildman–Crippen LogP) is 4.28. The van der Waals surface area contributed by atoms with Crippen LogP contribution >= 0.6 is 11.6 Å². The summed E-state index contributed by atoms with van der Waals surface area (Å²) in [6.07, 6.45) is 0. The molecule has 0 fully saturated rings. The Morgan fingerprint density at radius 3 is 2.39 bits per heavy atom. The molecule has 0 aromatic heterocycles. The van der Waals surface area contributed by atoms with Gasteiger partial charge in [0.2, 0.25) is 5.91 Å². The first-order valence-corrected chi connectivity index (χ1v) is 11.3. The van der Waals surface area contributed by atoms with E-state index in [1.54, 1.807) is 32.2 Å². The van der Waals surface area contributed by atoms with Gasteiger partial charge in [0.15, 0.2) is 0 Å². The summed E-state index contributed by atoms with van der Waals surface area (Å²) in [7, 11) is 1.62. The molecule has 0 saturated carbocycles. The maximum Gasteiger partial charge on any atom is 0.322 e. The van der Waals surface area contributed by atoms with E-state index in [0.29, 0.717) is 33.5 Å². The fourth-order valence-electron chi connectivity index (χ4n) is 4.18. The first kappa shape index (κ1) is 22.9. The van der Waals surface area contributed by atoms with E-state index in [0.717, 1.165) is 0 Å².